The molecule has 9 nitrogen and oxygen atoms in total. The highest BCUT2D eigenvalue weighted by Gasteiger charge is 2.38. The summed E-state index contributed by atoms with van der Waals surface area (Å²) in [6.07, 6.45) is 0. The van der Waals surface area contributed by atoms with Gasteiger partial charge in [-0.2, -0.15) is 0 Å². The third-order valence-corrected chi connectivity index (χ3v) is 8.50. The van der Waals surface area contributed by atoms with E-state index in [2.05, 4.69) is 16.0 Å². The third kappa shape index (κ3) is 3.85. The molecule has 0 aromatic heterocycles. The molecule has 0 saturated carbocycles. The lowest BCUT2D eigenvalue weighted by Crippen LogP contribution is -2.38. The number of hydrogen-bond donors (Lipinski definition) is 5. The van der Waals surface area contributed by atoms with Gasteiger partial charge in [-0.15, -0.1) is 0 Å². The molecule has 5 N–H and O–H groups in total. The molecule has 0 aliphatic carbocycles. The Hall–Kier alpha value is -6.61. The van der Waals surface area contributed by atoms with Crippen LogP contribution in [-0.2, 0) is 0 Å². The second kappa shape index (κ2) is 9.96. The summed E-state index contributed by atoms with van der Waals surface area (Å²) in [4.78, 5) is 54.5. The van der Waals surface area contributed by atoms with Crippen LogP contribution in [0, 0.1) is 5.41 Å². The number of imide groups is 1. The lowest BCUT2D eigenvalue weighted by atomic mass is 9.78. The standard InChI is InChI=1S/C37H22N4O5/c38-33(39-19-11-3-1-4-12-19)30-26-22-16-8-10-18-9-7-15-21(25(18)22)23-17-24(37(45)46)28-29(27(23)26)31(36(44)41-34(28)42)32(30)35(43)40-20-13-5-2-6-14-20/h1-17H,(H2,38,39)(H,40,43)(H,45,46)(H,41,42,44). The molecule has 3 amide bonds. The minimum Gasteiger partial charge on any atom is -0.478 e. The van der Waals surface area contributed by atoms with Crippen molar-refractivity contribution < 1.29 is 24.3 Å². The molecule has 46 heavy (non-hydrogen) atoms. The molecule has 0 radical (unpaired) electrons. The lowest BCUT2D eigenvalue weighted by Gasteiger charge is -2.27. The molecule has 9 heteroatoms. The van der Waals surface area contributed by atoms with E-state index < -0.39 is 23.7 Å². The van der Waals surface area contributed by atoms with Gasteiger partial charge in [-0.3, -0.25) is 25.1 Å². The average Bonchev–Trinajstić information content (AvgIpc) is 3.06. The Balaban J connectivity index is 1.63. The Morgan fingerprint density at radius 1 is 0.609 bits per heavy atom. The van der Waals surface area contributed by atoms with E-state index in [0.29, 0.717) is 38.3 Å². The summed E-state index contributed by atoms with van der Waals surface area (Å²) >= 11 is 0. The summed E-state index contributed by atoms with van der Waals surface area (Å²) in [5.74, 6) is -3.94. The largest absolute Gasteiger partial charge is 0.478 e. The maximum absolute atomic E-state index is 14.4. The first-order chi connectivity index (χ1) is 22.3. The summed E-state index contributed by atoms with van der Waals surface area (Å²) in [6, 6.07) is 30.5. The Kier molecular flexibility index (Phi) is 5.84. The molecule has 8 rings (SSSR count). The van der Waals surface area contributed by atoms with E-state index in [1.54, 1.807) is 54.6 Å². The molecule has 0 bridgehead atoms. The van der Waals surface area contributed by atoms with E-state index in [1.165, 1.54) is 6.07 Å². The van der Waals surface area contributed by atoms with Crippen molar-refractivity contribution >= 4 is 84.0 Å². The van der Waals surface area contributed by atoms with E-state index in [-0.39, 0.29) is 39.0 Å². The van der Waals surface area contributed by atoms with Crippen LogP contribution in [0.1, 0.15) is 47.0 Å². The van der Waals surface area contributed by atoms with Gasteiger partial charge in [0.05, 0.1) is 22.3 Å². The van der Waals surface area contributed by atoms with Gasteiger partial charge in [-0.25, -0.2) is 4.79 Å². The van der Waals surface area contributed by atoms with Crippen molar-refractivity contribution in [1.29, 1.82) is 5.41 Å². The Labute approximate surface area is 260 Å². The highest BCUT2D eigenvalue weighted by molar-refractivity contribution is 6.45. The predicted molar refractivity (Wildman–Crippen MR) is 178 cm³/mol. The number of amides is 3. The van der Waals surface area contributed by atoms with Gasteiger partial charge in [-0.05, 0) is 62.6 Å². The van der Waals surface area contributed by atoms with Crippen LogP contribution in [0.15, 0.2) is 103 Å². The maximum Gasteiger partial charge on any atom is 0.336 e. The molecule has 220 valence electrons. The summed E-state index contributed by atoms with van der Waals surface area (Å²) < 4.78 is 0. The predicted octanol–water partition coefficient (Wildman–Crippen LogP) is 7.01. The van der Waals surface area contributed by atoms with Crippen molar-refractivity contribution in [1.82, 2.24) is 5.32 Å². The zero-order chi connectivity index (χ0) is 31.7. The van der Waals surface area contributed by atoms with E-state index in [1.807, 2.05) is 42.5 Å². The van der Waals surface area contributed by atoms with Crippen molar-refractivity contribution in [3.8, 4) is 0 Å². The molecule has 1 aliphatic heterocycles. The molecule has 0 atom stereocenters. The van der Waals surface area contributed by atoms with Gasteiger partial charge in [0.15, 0.2) is 0 Å². The van der Waals surface area contributed by atoms with E-state index >= 15 is 0 Å². The van der Waals surface area contributed by atoms with Gasteiger partial charge in [0.2, 0.25) is 0 Å². The van der Waals surface area contributed by atoms with Gasteiger partial charge in [-0.1, -0.05) is 72.8 Å². The normalized spacial score (nSPS) is 12.5. The molecule has 0 spiro atoms. The van der Waals surface area contributed by atoms with Crippen molar-refractivity contribution in [2.24, 2.45) is 0 Å². The smallest absolute Gasteiger partial charge is 0.336 e. The fourth-order valence-corrected chi connectivity index (χ4v) is 6.73. The topological polar surface area (TPSA) is 148 Å². The first-order valence-electron chi connectivity index (χ1n) is 14.4. The zero-order valence-electron chi connectivity index (χ0n) is 23.9. The zero-order valence-corrected chi connectivity index (χ0v) is 23.9. The van der Waals surface area contributed by atoms with Crippen LogP contribution in [-0.4, -0.2) is 34.6 Å². The molecule has 0 fully saturated rings. The number of anilines is 2. The molecule has 1 heterocycles. The fourth-order valence-electron chi connectivity index (χ4n) is 6.73. The number of carbonyl (C=O) groups excluding carboxylic acids is 3. The summed E-state index contributed by atoms with van der Waals surface area (Å²) in [5, 5.41) is 32.5. The van der Waals surface area contributed by atoms with Crippen LogP contribution in [0.4, 0.5) is 11.4 Å². The molecular formula is C37H22N4O5. The van der Waals surface area contributed by atoms with Crippen LogP contribution < -0.4 is 16.0 Å². The molecule has 1 aliphatic rings. The minimum atomic E-state index is -1.35. The van der Waals surface area contributed by atoms with Gasteiger partial charge in [0.1, 0.15) is 5.84 Å². The number of carboxylic acids is 1. The van der Waals surface area contributed by atoms with Crippen LogP contribution in [0.3, 0.4) is 0 Å². The minimum absolute atomic E-state index is 0.0691. The highest BCUT2D eigenvalue weighted by atomic mass is 16.4. The Morgan fingerprint density at radius 3 is 1.87 bits per heavy atom. The average molecular weight is 603 g/mol. The highest BCUT2D eigenvalue weighted by Crippen LogP contribution is 2.47. The maximum atomic E-state index is 14.4. The molecule has 7 aromatic carbocycles. The van der Waals surface area contributed by atoms with Gasteiger partial charge in [0, 0.05) is 27.7 Å². The van der Waals surface area contributed by atoms with E-state index in [4.69, 9.17) is 0 Å². The quantitative estimate of drug-likeness (QED) is 0.0471. The number of hydrogen-bond acceptors (Lipinski definition) is 5. The third-order valence-electron chi connectivity index (χ3n) is 8.50. The van der Waals surface area contributed by atoms with Crippen molar-refractivity contribution in [3.63, 3.8) is 0 Å². The van der Waals surface area contributed by atoms with Crippen LogP contribution in [0.2, 0.25) is 0 Å². The number of carboxylic acid groups (broad SMARTS) is 1. The molecular weight excluding hydrogens is 580 g/mol. The summed E-state index contributed by atoms with van der Waals surface area (Å²) in [5.41, 5.74) is 0.331. The van der Waals surface area contributed by atoms with Crippen molar-refractivity contribution in [2.45, 2.75) is 0 Å². The monoisotopic (exact) mass is 602 g/mol. The number of aromatic carboxylic acids is 1. The van der Waals surface area contributed by atoms with Crippen LogP contribution in [0.5, 0.6) is 0 Å². The number of benzene rings is 7. The van der Waals surface area contributed by atoms with Gasteiger partial charge < -0.3 is 15.7 Å². The second-order valence-corrected chi connectivity index (χ2v) is 11.1. The molecule has 0 saturated heterocycles. The van der Waals surface area contributed by atoms with E-state index in [9.17, 15) is 29.7 Å². The molecule has 7 aromatic rings. The summed E-state index contributed by atoms with van der Waals surface area (Å²) in [6.45, 7) is 0. The fraction of sp³-hybridized carbons (Fsp3) is 0. The Bertz CT molecular complexity index is 2490. The number of carbonyl (C=O) groups is 4. The van der Waals surface area contributed by atoms with Gasteiger partial charge >= 0.3 is 5.97 Å². The second-order valence-electron chi connectivity index (χ2n) is 11.1. The van der Waals surface area contributed by atoms with Crippen molar-refractivity contribution in [3.05, 3.63) is 131 Å². The number of amidine groups is 1. The molecule has 0 unspecified atom stereocenters. The summed E-state index contributed by atoms with van der Waals surface area (Å²) in [7, 11) is 0. The van der Waals surface area contributed by atoms with Gasteiger partial charge in [0.25, 0.3) is 17.7 Å². The first-order valence-corrected chi connectivity index (χ1v) is 14.4. The first kappa shape index (κ1) is 27.0. The van der Waals surface area contributed by atoms with Crippen LogP contribution in [0.25, 0.3) is 43.1 Å². The Morgan fingerprint density at radius 2 is 1.22 bits per heavy atom. The number of para-hydroxylation sites is 2. The number of nitrogens with one attached hydrogen (secondary N) is 4. The lowest BCUT2D eigenvalue weighted by molar-refractivity contribution is 0.0687. The number of fused-ring (bicyclic) bond motifs is 2. The van der Waals surface area contributed by atoms with Crippen LogP contribution >= 0.6 is 0 Å². The van der Waals surface area contributed by atoms with Crippen molar-refractivity contribution in [2.75, 3.05) is 10.6 Å². The SMILES string of the molecule is N=C(Nc1ccccc1)c1c(C(=O)Nc2ccccc2)c2c3c(c(C(=O)O)cc4c5cccc6cccc(c1c34)c65)C(=O)NC2=O. The van der Waals surface area contributed by atoms with E-state index in [0.717, 1.165) is 10.8 Å². The number of rotatable bonds is 5.